The van der Waals surface area contributed by atoms with Crippen LogP contribution in [-0.2, 0) is 22.4 Å². The molecule has 130 valence electrons. The van der Waals surface area contributed by atoms with Crippen molar-refractivity contribution in [3.63, 3.8) is 0 Å². The SMILES string of the molecule is CCC(=O)N[C@@H]1CCCN(C(=O)C[C@H]2CCc3ccccc3C2)C1. The first-order valence-corrected chi connectivity index (χ1v) is 9.29. The normalized spacial score (nSPS) is 23.5. The second-order valence-corrected chi connectivity index (χ2v) is 7.18. The van der Waals surface area contributed by atoms with Crippen LogP contribution < -0.4 is 5.32 Å². The number of hydrogen-bond acceptors (Lipinski definition) is 2. The number of likely N-dealkylation sites (tertiary alicyclic amines) is 1. The number of carbonyl (C=O) groups excluding carboxylic acids is 2. The molecule has 1 aromatic rings. The van der Waals surface area contributed by atoms with Gasteiger partial charge < -0.3 is 10.2 Å². The summed E-state index contributed by atoms with van der Waals surface area (Å²) in [6.45, 7) is 3.37. The standard InChI is InChI=1S/C20H28N2O2/c1-2-19(23)21-18-8-5-11-22(14-18)20(24)13-15-9-10-16-6-3-4-7-17(16)12-15/h3-4,6-7,15,18H,2,5,8-14H2,1H3,(H,21,23)/t15-,18+/m0/s1. The van der Waals surface area contributed by atoms with E-state index in [1.54, 1.807) is 0 Å². The lowest BCUT2D eigenvalue weighted by molar-refractivity contribution is -0.134. The highest BCUT2D eigenvalue weighted by molar-refractivity contribution is 5.78. The summed E-state index contributed by atoms with van der Waals surface area (Å²) in [4.78, 5) is 26.2. The predicted octanol–water partition coefficient (Wildman–Crippen LogP) is 2.70. The third-order valence-corrected chi connectivity index (χ3v) is 5.37. The van der Waals surface area contributed by atoms with Gasteiger partial charge in [0.05, 0.1) is 0 Å². The fraction of sp³-hybridized carbons (Fsp3) is 0.600. The Morgan fingerprint density at radius 3 is 2.79 bits per heavy atom. The van der Waals surface area contributed by atoms with Crippen molar-refractivity contribution >= 4 is 11.8 Å². The Morgan fingerprint density at radius 2 is 2.00 bits per heavy atom. The third-order valence-electron chi connectivity index (χ3n) is 5.37. The van der Waals surface area contributed by atoms with Crippen molar-refractivity contribution in [2.75, 3.05) is 13.1 Å². The van der Waals surface area contributed by atoms with E-state index in [9.17, 15) is 9.59 Å². The van der Waals surface area contributed by atoms with Crippen molar-refractivity contribution in [3.05, 3.63) is 35.4 Å². The second kappa shape index (κ2) is 7.82. The third kappa shape index (κ3) is 4.16. The highest BCUT2D eigenvalue weighted by Gasteiger charge is 2.27. The van der Waals surface area contributed by atoms with Crippen molar-refractivity contribution in [1.29, 1.82) is 0 Å². The van der Waals surface area contributed by atoms with Gasteiger partial charge in [-0.25, -0.2) is 0 Å². The van der Waals surface area contributed by atoms with Gasteiger partial charge in [0.25, 0.3) is 0 Å². The fourth-order valence-electron chi connectivity index (χ4n) is 3.97. The Hall–Kier alpha value is -1.84. The zero-order chi connectivity index (χ0) is 16.9. The number of piperidine rings is 1. The minimum absolute atomic E-state index is 0.0817. The molecule has 0 bridgehead atoms. The molecule has 4 heteroatoms. The van der Waals surface area contributed by atoms with Gasteiger partial charge in [0.2, 0.25) is 11.8 Å². The number of aryl methyl sites for hydroxylation is 1. The lowest BCUT2D eigenvalue weighted by Crippen LogP contribution is -2.49. The summed E-state index contributed by atoms with van der Waals surface area (Å²) in [5.41, 5.74) is 2.86. The lowest BCUT2D eigenvalue weighted by atomic mass is 9.82. The van der Waals surface area contributed by atoms with Crippen LogP contribution in [-0.4, -0.2) is 35.8 Å². The molecule has 3 rings (SSSR count). The number of nitrogens with zero attached hydrogens (tertiary/aromatic N) is 1. The number of hydrogen-bond donors (Lipinski definition) is 1. The number of nitrogens with one attached hydrogen (secondary N) is 1. The Balaban J connectivity index is 1.52. The van der Waals surface area contributed by atoms with E-state index in [1.807, 2.05) is 11.8 Å². The quantitative estimate of drug-likeness (QED) is 0.924. The molecule has 1 aliphatic heterocycles. The highest BCUT2D eigenvalue weighted by Crippen LogP contribution is 2.28. The molecule has 1 N–H and O–H groups in total. The van der Waals surface area contributed by atoms with Crippen LogP contribution in [0.4, 0.5) is 0 Å². The largest absolute Gasteiger partial charge is 0.352 e. The summed E-state index contributed by atoms with van der Waals surface area (Å²) in [5.74, 6) is 0.797. The molecule has 2 amide bonds. The van der Waals surface area contributed by atoms with Crippen molar-refractivity contribution in [1.82, 2.24) is 10.2 Å². The first kappa shape index (κ1) is 17.0. The van der Waals surface area contributed by atoms with Gasteiger partial charge in [0.15, 0.2) is 0 Å². The van der Waals surface area contributed by atoms with E-state index in [2.05, 4.69) is 29.6 Å². The van der Waals surface area contributed by atoms with Gasteiger partial charge in [0, 0.05) is 32.0 Å². The van der Waals surface area contributed by atoms with Crippen molar-refractivity contribution in [2.45, 2.75) is 57.9 Å². The molecule has 4 nitrogen and oxygen atoms in total. The average Bonchev–Trinajstić information content (AvgIpc) is 2.61. The zero-order valence-corrected chi connectivity index (χ0v) is 14.6. The minimum Gasteiger partial charge on any atom is -0.352 e. The van der Waals surface area contributed by atoms with Crippen LogP contribution in [0.25, 0.3) is 0 Å². The van der Waals surface area contributed by atoms with Crippen LogP contribution in [0.2, 0.25) is 0 Å². The van der Waals surface area contributed by atoms with Crippen LogP contribution in [0, 0.1) is 5.92 Å². The average molecular weight is 328 g/mol. The molecular formula is C20H28N2O2. The molecule has 1 aromatic carbocycles. The lowest BCUT2D eigenvalue weighted by Gasteiger charge is -2.34. The Labute approximate surface area is 144 Å². The highest BCUT2D eigenvalue weighted by atomic mass is 16.2. The summed E-state index contributed by atoms with van der Waals surface area (Å²) in [6, 6.07) is 8.72. The maximum absolute atomic E-state index is 12.7. The summed E-state index contributed by atoms with van der Waals surface area (Å²) in [7, 11) is 0. The van der Waals surface area contributed by atoms with Crippen LogP contribution in [0.1, 0.15) is 50.2 Å². The van der Waals surface area contributed by atoms with E-state index in [0.717, 1.165) is 38.6 Å². The maximum atomic E-state index is 12.7. The number of amides is 2. The molecule has 24 heavy (non-hydrogen) atoms. The first-order chi connectivity index (χ1) is 11.7. The molecule has 0 aromatic heterocycles. The molecule has 0 radical (unpaired) electrons. The van der Waals surface area contributed by atoms with Crippen LogP contribution in [0.3, 0.4) is 0 Å². The molecular weight excluding hydrogens is 300 g/mol. The predicted molar refractivity (Wildman–Crippen MR) is 94.6 cm³/mol. The minimum atomic E-state index is 0.0817. The van der Waals surface area contributed by atoms with Gasteiger partial charge in [0.1, 0.15) is 0 Å². The van der Waals surface area contributed by atoms with E-state index >= 15 is 0 Å². The number of rotatable bonds is 4. The second-order valence-electron chi connectivity index (χ2n) is 7.18. The van der Waals surface area contributed by atoms with Gasteiger partial charge in [-0.1, -0.05) is 31.2 Å². The summed E-state index contributed by atoms with van der Waals surface area (Å²) in [5, 5.41) is 3.04. The zero-order valence-electron chi connectivity index (χ0n) is 14.6. The molecule has 0 spiro atoms. The molecule has 1 aliphatic carbocycles. The Bertz CT molecular complexity index is 599. The smallest absolute Gasteiger partial charge is 0.222 e. The van der Waals surface area contributed by atoms with E-state index in [0.29, 0.717) is 25.3 Å². The molecule has 0 saturated carbocycles. The Kier molecular flexibility index (Phi) is 5.54. The van der Waals surface area contributed by atoms with Gasteiger partial charge in [-0.3, -0.25) is 9.59 Å². The van der Waals surface area contributed by atoms with Crippen LogP contribution in [0.5, 0.6) is 0 Å². The van der Waals surface area contributed by atoms with Crippen molar-refractivity contribution in [3.8, 4) is 0 Å². The van der Waals surface area contributed by atoms with Crippen LogP contribution >= 0.6 is 0 Å². The topological polar surface area (TPSA) is 49.4 Å². The molecule has 1 heterocycles. The molecule has 1 saturated heterocycles. The number of carbonyl (C=O) groups is 2. The number of benzene rings is 1. The van der Waals surface area contributed by atoms with Gasteiger partial charge in [-0.15, -0.1) is 0 Å². The number of fused-ring (bicyclic) bond motifs is 1. The van der Waals surface area contributed by atoms with Gasteiger partial charge in [-0.2, -0.15) is 0 Å². The summed E-state index contributed by atoms with van der Waals surface area (Å²) < 4.78 is 0. The summed E-state index contributed by atoms with van der Waals surface area (Å²) >= 11 is 0. The molecule has 0 unspecified atom stereocenters. The van der Waals surface area contributed by atoms with E-state index in [-0.39, 0.29) is 17.9 Å². The summed E-state index contributed by atoms with van der Waals surface area (Å²) in [6.07, 6.45) is 6.32. The fourth-order valence-corrected chi connectivity index (χ4v) is 3.97. The molecule has 2 aliphatic rings. The van der Waals surface area contributed by atoms with E-state index < -0.39 is 0 Å². The monoisotopic (exact) mass is 328 g/mol. The first-order valence-electron chi connectivity index (χ1n) is 9.29. The van der Waals surface area contributed by atoms with Crippen LogP contribution in [0.15, 0.2) is 24.3 Å². The van der Waals surface area contributed by atoms with Crippen molar-refractivity contribution in [2.24, 2.45) is 5.92 Å². The molecule has 2 atom stereocenters. The van der Waals surface area contributed by atoms with Gasteiger partial charge >= 0.3 is 0 Å². The van der Waals surface area contributed by atoms with E-state index in [1.165, 1.54) is 11.1 Å². The van der Waals surface area contributed by atoms with E-state index in [4.69, 9.17) is 0 Å². The van der Waals surface area contributed by atoms with Gasteiger partial charge in [-0.05, 0) is 49.1 Å². The Morgan fingerprint density at radius 1 is 1.21 bits per heavy atom. The maximum Gasteiger partial charge on any atom is 0.222 e. The molecule has 1 fully saturated rings. The van der Waals surface area contributed by atoms with Crippen molar-refractivity contribution < 1.29 is 9.59 Å².